The molecule has 1 aliphatic rings. The standard InChI is InChI=1S/C24H36F2NO4P/c1-6-7-8-11-18-14-20(28)22(19-12-9-10-16(2)13-19)21(15-18)31-32(24(4,25)26)27-17(3)23(29)30-5/h13-15,17,19,27-28H,6-12H2,1-5H3/t17-,19?,32?/m0/s1. The van der Waals surface area contributed by atoms with Crippen LogP contribution >= 0.6 is 8.30 Å². The second-order valence-corrected chi connectivity index (χ2v) is 10.4. The van der Waals surface area contributed by atoms with Gasteiger partial charge in [-0.05, 0) is 63.6 Å². The first-order valence-corrected chi connectivity index (χ1v) is 12.6. The minimum absolute atomic E-state index is 0.0698. The SMILES string of the molecule is CCCCCc1cc(O)c(C2C=C(C)CCC2)c(OP(N[C@@H](C)C(=O)OC)C(C)(F)F)c1. The first kappa shape index (κ1) is 26.5. The number of aryl methyl sites for hydroxylation is 1. The Bertz CT molecular complexity index is 810. The lowest BCUT2D eigenvalue weighted by Gasteiger charge is -2.29. The number of esters is 1. The number of benzene rings is 1. The summed E-state index contributed by atoms with van der Waals surface area (Å²) in [5.41, 5.74) is -0.630. The minimum Gasteiger partial charge on any atom is -0.507 e. The van der Waals surface area contributed by atoms with Crippen LogP contribution < -0.4 is 9.61 Å². The van der Waals surface area contributed by atoms with E-state index in [-0.39, 0.29) is 17.4 Å². The van der Waals surface area contributed by atoms with Gasteiger partial charge in [0.25, 0.3) is 0 Å². The average molecular weight is 472 g/mol. The van der Waals surface area contributed by atoms with Crippen molar-refractivity contribution in [3.05, 3.63) is 34.9 Å². The van der Waals surface area contributed by atoms with Crippen molar-refractivity contribution in [2.45, 2.75) is 90.3 Å². The van der Waals surface area contributed by atoms with Crippen molar-refractivity contribution in [3.8, 4) is 11.5 Å². The first-order chi connectivity index (χ1) is 15.1. The molecule has 2 rings (SSSR count). The van der Waals surface area contributed by atoms with E-state index in [1.165, 1.54) is 19.6 Å². The summed E-state index contributed by atoms with van der Waals surface area (Å²) in [7, 11) is -1.35. The summed E-state index contributed by atoms with van der Waals surface area (Å²) in [5.74, 6) is -0.429. The van der Waals surface area contributed by atoms with Gasteiger partial charge in [0.15, 0.2) is 0 Å². The van der Waals surface area contributed by atoms with Gasteiger partial charge in [-0.25, -0.2) is 5.09 Å². The number of carbonyl (C=O) groups excluding carboxylic acids is 1. The molecule has 0 fully saturated rings. The van der Waals surface area contributed by atoms with Crippen molar-refractivity contribution in [2.24, 2.45) is 0 Å². The molecule has 8 heteroatoms. The predicted molar refractivity (Wildman–Crippen MR) is 124 cm³/mol. The molecule has 0 spiro atoms. The number of unbranched alkanes of at least 4 members (excludes halogenated alkanes) is 2. The fraction of sp³-hybridized carbons (Fsp3) is 0.625. The maximum absolute atomic E-state index is 14.5. The van der Waals surface area contributed by atoms with E-state index < -0.39 is 26.0 Å². The van der Waals surface area contributed by atoms with Gasteiger partial charge in [0.2, 0.25) is 8.30 Å². The Morgan fingerprint density at radius 1 is 1.38 bits per heavy atom. The third kappa shape index (κ3) is 7.41. The van der Waals surface area contributed by atoms with Crippen LogP contribution in [0, 0.1) is 0 Å². The van der Waals surface area contributed by atoms with Crippen molar-refractivity contribution in [1.82, 2.24) is 5.09 Å². The van der Waals surface area contributed by atoms with Gasteiger partial charge >= 0.3 is 11.6 Å². The van der Waals surface area contributed by atoms with Gasteiger partial charge in [0.1, 0.15) is 17.5 Å². The van der Waals surface area contributed by atoms with E-state index in [0.29, 0.717) is 5.56 Å². The quantitative estimate of drug-likeness (QED) is 0.161. The van der Waals surface area contributed by atoms with Gasteiger partial charge in [-0.1, -0.05) is 31.4 Å². The van der Waals surface area contributed by atoms with Crippen LogP contribution in [-0.4, -0.2) is 29.9 Å². The third-order valence-corrected chi connectivity index (χ3v) is 7.32. The monoisotopic (exact) mass is 471 g/mol. The Hall–Kier alpha value is -1.72. The summed E-state index contributed by atoms with van der Waals surface area (Å²) < 4.78 is 39.6. The predicted octanol–water partition coefficient (Wildman–Crippen LogP) is 6.79. The lowest BCUT2D eigenvalue weighted by Crippen LogP contribution is -2.36. The second-order valence-electron chi connectivity index (χ2n) is 8.60. The molecule has 0 amide bonds. The number of halogens is 2. The molecule has 0 saturated carbocycles. The smallest absolute Gasteiger partial charge is 0.322 e. The largest absolute Gasteiger partial charge is 0.507 e. The fourth-order valence-electron chi connectivity index (χ4n) is 3.90. The molecule has 0 bridgehead atoms. The molecule has 0 heterocycles. The Morgan fingerprint density at radius 2 is 2.09 bits per heavy atom. The first-order valence-electron chi connectivity index (χ1n) is 11.3. The topological polar surface area (TPSA) is 67.8 Å². The van der Waals surface area contributed by atoms with E-state index in [9.17, 15) is 18.7 Å². The normalized spacial score (nSPS) is 18.6. The molecule has 2 unspecified atom stereocenters. The van der Waals surface area contributed by atoms with Gasteiger partial charge in [0, 0.05) is 18.4 Å². The Balaban J connectivity index is 2.45. The van der Waals surface area contributed by atoms with Crippen molar-refractivity contribution in [2.75, 3.05) is 7.11 Å². The van der Waals surface area contributed by atoms with Gasteiger partial charge in [0.05, 0.1) is 7.11 Å². The highest BCUT2D eigenvalue weighted by atomic mass is 31.2. The highest BCUT2D eigenvalue weighted by Crippen LogP contribution is 2.53. The number of alkyl halides is 2. The summed E-state index contributed by atoms with van der Waals surface area (Å²) >= 11 is 0. The van der Waals surface area contributed by atoms with Crippen molar-refractivity contribution in [3.63, 3.8) is 0 Å². The molecule has 180 valence electrons. The number of phenols is 1. The molecular weight excluding hydrogens is 435 g/mol. The van der Waals surface area contributed by atoms with Crippen LogP contribution in [0.1, 0.15) is 83.3 Å². The zero-order valence-corrected chi connectivity index (χ0v) is 20.6. The maximum atomic E-state index is 14.5. The lowest BCUT2D eigenvalue weighted by atomic mass is 9.84. The van der Waals surface area contributed by atoms with Gasteiger partial charge in [-0.15, -0.1) is 0 Å². The third-order valence-electron chi connectivity index (χ3n) is 5.60. The molecule has 0 saturated heterocycles. The number of nitrogens with one attached hydrogen (secondary N) is 1. The molecule has 0 aromatic heterocycles. The molecule has 0 radical (unpaired) electrons. The molecule has 2 N–H and O–H groups in total. The van der Waals surface area contributed by atoms with E-state index in [4.69, 9.17) is 4.52 Å². The van der Waals surface area contributed by atoms with E-state index in [0.717, 1.165) is 57.4 Å². The lowest BCUT2D eigenvalue weighted by molar-refractivity contribution is -0.142. The van der Waals surface area contributed by atoms with E-state index in [1.54, 1.807) is 12.1 Å². The van der Waals surface area contributed by atoms with Crippen LogP contribution in [0.25, 0.3) is 0 Å². The highest BCUT2D eigenvalue weighted by Gasteiger charge is 2.40. The summed E-state index contributed by atoms with van der Waals surface area (Å²) in [5, 5.41) is 13.5. The van der Waals surface area contributed by atoms with Gasteiger partial charge < -0.3 is 14.4 Å². The summed E-state index contributed by atoms with van der Waals surface area (Å²) in [6, 6.07) is 2.54. The number of carbonyl (C=O) groups is 1. The number of hydrogen-bond donors (Lipinski definition) is 2. The van der Waals surface area contributed by atoms with E-state index >= 15 is 0 Å². The van der Waals surface area contributed by atoms with Gasteiger partial charge in [-0.2, -0.15) is 8.78 Å². The number of methoxy groups -OCH3 is 1. The number of aromatic hydroxyl groups is 1. The molecule has 3 atom stereocenters. The van der Waals surface area contributed by atoms with Crippen LogP contribution in [0.15, 0.2) is 23.8 Å². The van der Waals surface area contributed by atoms with Crippen LogP contribution in [0.4, 0.5) is 8.78 Å². The minimum atomic E-state index is -3.22. The molecular formula is C24H36F2NO4P. The van der Waals surface area contributed by atoms with Crippen LogP contribution in [0.2, 0.25) is 0 Å². The van der Waals surface area contributed by atoms with Crippen molar-refractivity contribution < 1.29 is 27.9 Å². The Kier molecular flexibility index (Phi) is 9.90. The summed E-state index contributed by atoms with van der Waals surface area (Å²) in [4.78, 5) is 11.8. The molecule has 1 aromatic carbocycles. The van der Waals surface area contributed by atoms with E-state index in [1.807, 2.05) is 6.92 Å². The zero-order valence-electron chi connectivity index (χ0n) is 19.7. The summed E-state index contributed by atoms with van der Waals surface area (Å²) in [6.45, 7) is 6.38. The fourth-order valence-corrected chi connectivity index (χ4v) is 5.15. The number of allylic oxidation sites excluding steroid dienone is 2. The van der Waals surface area contributed by atoms with E-state index in [2.05, 4.69) is 22.8 Å². The number of rotatable bonds is 11. The number of ether oxygens (including phenoxy) is 1. The van der Waals surface area contributed by atoms with Gasteiger partial charge in [-0.3, -0.25) is 4.79 Å². The highest BCUT2D eigenvalue weighted by molar-refractivity contribution is 7.52. The molecule has 1 aliphatic carbocycles. The molecule has 5 nitrogen and oxygen atoms in total. The number of hydrogen-bond acceptors (Lipinski definition) is 5. The van der Waals surface area contributed by atoms with Crippen molar-refractivity contribution in [1.29, 1.82) is 0 Å². The van der Waals surface area contributed by atoms with Crippen LogP contribution in [0.3, 0.4) is 0 Å². The molecule has 0 aliphatic heterocycles. The second kappa shape index (κ2) is 11.9. The van der Waals surface area contributed by atoms with Crippen LogP contribution in [-0.2, 0) is 16.0 Å². The average Bonchev–Trinajstić information content (AvgIpc) is 2.72. The Labute approximate surface area is 191 Å². The molecule has 1 aromatic rings. The number of phenolic OH excluding ortho intramolecular Hbond substituents is 1. The maximum Gasteiger partial charge on any atom is 0.322 e. The Morgan fingerprint density at radius 3 is 2.69 bits per heavy atom. The van der Waals surface area contributed by atoms with Crippen molar-refractivity contribution >= 4 is 14.3 Å². The zero-order chi connectivity index (χ0) is 23.9. The molecule has 32 heavy (non-hydrogen) atoms. The summed E-state index contributed by atoms with van der Waals surface area (Å²) in [6.07, 6.45) is 8.60. The van der Waals surface area contributed by atoms with Crippen LogP contribution in [0.5, 0.6) is 11.5 Å².